The third-order valence-electron chi connectivity index (χ3n) is 5.44. The lowest BCUT2D eigenvalue weighted by Crippen LogP contribution is -2.27. The van der Waals surface area contributed by atoms with E-state index in [-0.39, 0.29) is 24.0 Å². The molecule has 182 valence electrons. The van der Waals surface area contributed by atoms with Crippen LogP contribution in [-0.2, 0) is 11.3 Å². The molecule has 0 aliphatic carbocycles. The molecule has 2 heterocycles. The molecule has 2 aliphatic rings. The Morgan fingerprint density at radius 3 is 2.56 bits per heavy atom. The number of nitrogens with zero attached hydrogens (tertiary/aromatic N) is 1. The predicted octanol–water partition coefficient (Wildman–Crippen LogP) is 5.53. The monoisotopic (exact) mass is 523 g/mol. The summed E-state index contributed by atoms with van der Waals surface area (Å²) in [4.78, 5) is 39.4. The normalized spacial score (nSPS) is 15.5. The molecule has 3 aromatic carbocycles. The van der Waals surface area contributed by atoms with Crippen LogP contribution in [0.4, 0.5) is 4.79 Å². The lowest BCUT2D eigenvalue weighted by atomic mass is 10.1. The maximum atomic E-state index is 13.0. The molecule has 8 nitrogen and oxygen atoms in total. The number of ether oxygens (including phenoxy) is 4. The first-order valence-corrected chi connectivity index (χ1v) is 11.9. The predicted molar refractivity (Wildman–Crippen MR) is 133 cm³/mol. The summed E-state index contributed by atoms with van der Waals surface area (Å²) in [6, 6.07) is 16.7. The Bertz CT molecular complexity index is 1410. The van der Waals surface area contributed by atoms with Crippen LogP contribution in [0.25, 0.3) is 6.08 Å². The van der Waals surface area contributed by atoms with E-state index in [2.05, 4.69) is 0 Å². The van der Waals surface area contributed by atoms with Crippen molar-refractivity contribution in [1.29, 1.82) is 0 Å². The Morgan fingerprint density at radius 1 is 1.06 bits per heavy atom. The Hall–Kier alpha value is -3.95. The highest BCUT2D eigenvalue weighted by molar-refractivity contribution is 8.18. The molecule has 0 N–H and O–H groups in total. The molecule has 1 fully saturated rings. The second-order valence-electron chi connectivity index (χ2n) is 7.73. The van der Waals surface area contributed by atoms with Crippen molar-refractivity contribution in [3.05, 3.63) is 87.3 Å². The Labute approximate surface area is 215 Å². The third kappa shape index (κ3) is 4.75. The van der Waals surface area contributed by atoms with Crippen LogP contribution in [0.5, 0.6) is 23.0 Å². The molecule has 1 saturated heterocycles. The summed E-state index contributed by atoms with van der Waals surface area (Å²) in [6.45, 7) is 0.0856. The minimum Gasteiger partial charge on any atom is -0.493 e. The number of thioether (sulfide) groups is 1. The smallest absolute Gasteiger partial charge is 0.343 e. The van der Waals surface area contributed by atoms with Crippen LogP contribution >= 0.6 is 23.4 Å². The topological polar surface area (TPSA) is 91.4 Å². The molecular weight excluding hydrogens is 506 g/mol. The van der Waals surface area contributed by atoms with Crippen molar-refractivity contribution in [1.82, 2.24) is 4.90 Å². The summed E-state index contributed by atoms with van der Waals surface area (Å²) in [7, 11) is 1.45. The number of hydrogen-bond donors (Lipinski definition) is 0. The van der Waals surface area contributed by atoms with Gasteiger partial charge < -0.3 is 18.9 Å². The number of imide groups is 1. The molecule has 0 atom stereocenters. The average molecular weight is 524 g/mol. The number of benzene rings is 3. The van der Waals surface area contributed by atoms with Crippen molar-refractivity contribution in [2.45, 2.75) is 6.54 Å². The van der Waals surface area contributed by atoms with Gasteiger partial charge in [-0.2, -0.15) is 0 Å². The van der Waals surface area contributed by atoms with Crippen LogP contribution in [0.1, 0.15) is 21.5 Å². The molecule has 3 aromatic rings. The van der Waals surface area contributed by atoms with Crippen molar-refractivity contribution in [2.24, 2.45) is 0 Å². The molecule has 0 aromatic heterocycles. The number of hydrogen-bond acceptors (Lipinski definition) is 8. The van der Waals surface area contributed by atoms with E-state index < -0.39 is 17.1 Å². The largest absolute Gasteiger partial charge is 0.493 e. The number of fused-ring (bicyclic) bond motifs is 1. The zero-order chi connectivity index (χ0) is 25.2. The van der Waals surface area contributed by atoms with Crippen LogP contribution in [0.15, 0.2) is 65.6 Å². The molecule has 5 rings (SSSR count). The molecule has 0 radical (unpaired) electrons. The maximum Gasteiger partial charge on any atom is 0.343 e. The number of halogens is 1. The molecule has 10 heteroatoms. The summed E-state index contributed by atoms with van der Waals surface area (Å²) >= 11 is 7.14. The molecule has 36 heavy (non-hydrogen) atoms. The second kappa shape index (κ2) is 9.96. The van der Waals surface area contributed by atoms with Gasteiger partial charge in [-0.15, -0.1) is 0 Å². The molecule has 2 aliphatic heterocycles. The minimum atomic E-state index is -0.523. The van der Waals surface area contributed by atoms with E-state index in [1.54, 1.807) is 66.7 Å². The summed E-state index contributed by atoms with van der Waals surface area (Å²) in [6.07, 6.45) is 1.58. The maximum absolute atomic E-state index is 13.0. The highest BCUT2D eigenvalue weighted by atomic mass is 35.5. The number of carbonyl (C=O) groups is 3. The highest BCUT2D eigenvalue weighted by Crippen LogP contribution is 2.40. The fraction of sp³-hybridized carbons (Fsp3) is 0.115. The number of carbonyl (C=O) groups excluding carboxylic acids is 3. The quantitative estimate of drug-likeness (QED) is 0.236. The van der Waals surface area contributed by atoms with Gasteiger partial charge in [0.25, 0.3) is 11.1 Å². The lowest BCUT2D eigenvalue weighted by molar-refractivity contribution is -0.123. The van der Waals surface area contributed by atoms with Crippen molar-refractivity contribution < 1.29 is 33.3 Å². The molecule has 0 spiro atoms. The molecular formula is C26H18ClNO7S. The van der Waals surface area contributed by atoms with Crippen LogP contribution in [-0.4, -0.2) is 35.9 Å². The van der Waals surface area contributed by atoms with Gasteiger partial charge in [0.05, 0.1) is 24.1 Å². The molecule has 0 unspecified atom stereocenters. The van der Waals surface area contributed by atoms with Gasteiger partial charge in [0.15, 0.2) is 23.0 Å². The first kappa shape index (κ1) is 23.8. The summed E-state index contributed by atoms with van der Waals surface area (Å²) in [5.74, 6) is 0.595. The minimum absolute atomic E-state index is 0.00479. The van der Waals surface area contributed by atoms with Crippen molar-refractivity contribution in [3.8, 4) is 23.0 Å². The summed E-state index contributed by atoms with van der Waals surface area (Å²) < 4.78 is 21.5. The number of methoxy groups -OCH3 is 1. The van der Waals surface area contributed by atoms with Crippen molar-refractivity contribution in [2.75, 3.05) is 13.9 Å². The van der Waals surface area contributed by atoms with Gasteiger partial charge in [-0.3, -0.25) is 14.5 Å². The second-order valence-corrected chi connectivity index (χ2v) is 9.13. The van der Waals surface area contributed by atoms with Gasteiger partial charge in [0.2, 0.25) is 6.79 Å². The Morgan fingerprint density at radius 2 is 1.81 bits per heavy atom. The van der Waals surface area contributed by atoms with Gasteiger partial charge in [-0.25, -0.2) is 4.79 Å². The zero-order valence-electron chi connectivity index (χ0n) is 18.9. The Kier molecular flexibility index (Phi) is 6.58. The third-order valence-corrected chi connectivity index (χ3v) is 6.70. The highest BCUT2D eigenvalue weighted by Gasteiger charge is 2.35. The first-order valence-electron chi connectivity index (χ1n) is 10.7. The average Bonchev–Trinajstić information content (AvgIpc) is 3.44. The fourth-order valence-corrected chi connectivity index (χ4v) is 4.68. The number of amides is 2. The first-order chi connectivity index (χ1) is 17.4. The Balaban J connectivity index is 1.33. The van der Waals surface area contributed by atoms with E-state index in [9.17, 15) is 14.4 Å². The van der Waals surface area contributed by atoms with E-state index in [1.165, 1.54) is 7.11 Å². The molecule has 0 saturated carbocycles. The van der Waals surface area contributed by atoms with E-state index in [4.69, 9.17) is 30.5 Å². The van der Waals surface area contributed by atoms with E-state index in [0.717, 1.165) is 16.7 Å². The van der Waals surface area contributed by atoms with Gasteiger partial charge in [0.1, 0.15) is 0 Å². The SMILES string of the molecule is COc1cc(/C=C2\SC(=O)N(Cc3cc4c(cc3Cl)OCO4)C2=O)ccc1OC(=O)c1ccccc1. The van der Waals surface area contributed by atoms with Gasteiger partial charge in [0, 0.05) is 11.1 Å². The van der Waals surface area contributed by atoms with Gasteiger partial charge >= 0.3 is 5.97 Å². The van der Waals surface area contributed by atoms with Crippen LogP contribution < -0.4 is 18.9 Å². The summed E-state index contributed by atoms with van der Waals surface area (Å²) in [5, 5.41) is -0.0481. The van der Waals surface area contributed by atoms with Crippen molar-refractivity contribution in [3.63, 3.8) is 0 Å². The van der Waals surface area contributed by atoms with Gasteiger partial charge in [-0.1, -0.05) is 35.9 Å². The summed E-state index contributed by atoms with van der Waals surface area (Å²) in [5.41, 5.74) is 1.56. The molecule has 2 amide bonds. The van der Waals surface area contributed by atoms with Crippen molar-refractivity contribution >= 4 is 46.6 Å². The van der Waals surface area contributed by atoms with E-state index in [1.807, 2.05) is 0 Å². The lowest BCUT2D eigenvalue weighted by Gasteiger charge is -2.14. The van der Waals surface area contributed by atoms with Crippen LogP contribution in [0.2, 0.25) is 5.02 Å². The van der Waals surface area contributed by atoms with Crippen LogP contribution in [0.3, 0.4) is 0 Å². The molecule has 0 bridgehead atoms. The number of esters is 1. The van der Waals surface area contributed by atoms with E-state index >= 15 is 0 Å². The van der Waals surface area contributed by atoms with E-state index in [0.29, 0.717) is 39.0 Å². The standard InChI is InChI=1S/C26H18ClNO7S/c1-32-20-9-15(7-8-19(20)35-25(30)16-5-3-2-4-6-16)10-23-24(29)28(26(31)36-23)13-17-11-21-22(12-18(17)27)34-14-33-21/h2-12H,13-14H2,1H3/b23-10-. The van der Waals surface area contributed by atoms with Gasteiger partial charge in [-0.05, 0) is 59.3 Å². The van der Waals surface area contributed by atoms with Crippen LogP contribution in [0, 0.1) is 0 Å². The number of rotatable bonds is 6. The fourth-order valence-electron chi connectivity index (χ4n) is 3.63. The zero-order valence-corrected chi connectivity index (χ0v) is 20.4.